The SMILES string of the molecule is CCOc1cc2ccnc(O[C@]3(C)C[C@H]4C(=O)N[C@]5(C(=O)NS(=O)(=O)C6CC6)C[C@H]5/C=C\CC[C@H](C)C[C@@H](C)[C@H](N(C(=O)O)C(C)CC)C(=O)N4C3(F)F)c2cc1F. The molecule has 58 heavy (non-hydrogen) atoms. The highest BCUT2D eigenvalue weighted by molar-refractivity contribution is 7.91. The van der Waals surface area contributed by atoms with Crippen LogP contribution in [-0.4, -0.2) is 99.3 Å². The zero-order valence-electron chi connectivity index (χ0n) is 33.5. The molecule has 1 unspecified atom stereocenters. The molecule has 318 valence electrons. The number of halogens is 3. The second kappa shape index (κ2) is 15.9. The minimum absolute atomic E-state index is 0.00451. The molecule has 14 nitrogen and oxygen atoms in total. The first-order valence-corrected chi connectivity index (χ1v) is 21.4. The van der Waals surface area contributed by atoms with Crippen LogP contribution in [-0.2, 0) is 24.4 Å². The highest BCUT2D eigenvalue weighted by Gasteiger charge is 2.71. The molecule has 2 aromatic rings. The third kappa shape index (κ3) is 7.92. The highest BCUT2D eigenvalue weighted by Crippen LogP contribution is 2.51. The number of carbonyl (C=O) groups is 4. The fourth-order valence-electron chi connectivity index (χ4n) is 8.39. The minimum Gasteiger partial charge on any atom is -0.491 e. The molecule has 0 radical (unpaired) electrons. The number of alkyl halides is 2. The van der Waals surface area contributed by atoms with E-state index >= 15 is 18.0 Å². The van der Waals surface area contributed by atoms with Gasteiger partial charge in [0, 0.05) is 30.0 Å². The van der Waals surface area contributed by atoms with Crippen molar-refractivity contribution < 1.29 is 55.3 Å². The number of pyridine rings is 1. The summed E-state index contributed by atoms with van der Waals surface area (Å²) in [4.78, 5) is 61.5. The van der Waals surface area contributed by atoms with Gasteiger partial charge >= 0.3 is 12.1 Å². The zero-order valence-corrected chi connectivity index (χ0v) is 34.3. The molecule has 0 bridgehead atoms. The lowest BCUT2D eigenvalue weighted by Gasteiger charge is -2.42. The van der Waals surface area contributed by atoms with Crippen molar-refractivity contribution in [3.63, 3.8) is 0 Å². The van der Waals surface area contributed by atoms with Crippen molar-refractivity contribution in [3.05, 3.63) is 42.4 Å². The Balaban J connectivity index is 1.48. The lowest BCUT2D eigenvalue weighted by molar-refractivity contribution is -0.219. The zero-order chi connectivity index (χ0) is 42.5. The smallest absolute Gasteiger partial charge is 0.408 e. The predicted octanol–water partition coefficient (Wildman–Crippen LogP) is 5.75. The first-order valence-electron chi connectivity index (χ1n) is 19.9. The predicted molar refractivity (Wildman–Crippen MR) is 206 cm³/mol. The molecule has 6 rings (SSSR count). The van der Waals surface area contributed by atoms with Gasteiger partial charge in [-0.05, 0) is 101 Å². The van der Waals surface area contributed by atoms with E-state index in [-0.39, 0.29) is 47.8 Å². The maximum Gasteiger partial charge on any atom is 0.408 e. The Labute approximate surface area is 335 Å². The monoisotopic (exact) mass is 835 g/mol. The van der Waals surface area contributed by atoms with Crippen LogP contribution in [0.2, 0.25) is 0 Å². The van der Waals surface area contributed by atoms with E-state index in [9.17, 15) is 27.9 Å². The summed E-state index contributed by atoms with van der Waals surface area (Å²) in [7, 11) is -4.09. The molecule has 2 saturated carbocycles. The average Bonchev–Trinajstić information content (AvgIpc) is 4.07. The third-order valence-corrected chi connectivity index (χ3v) is 13.9. The quantitative estimate of drug-likeness (QED) is 0.197. The molecule has 1 saturated heterocycles. The van der Waals surface area contributed by atoms with Gasteiger partial charge in [0.05, 0.1) is 11.9 Å². The topological polar surface area (TPSA) is 185 Å². The van der Waals surface area contributed by atoms with Crippen molar-refractivity contribution >= 4 is 44.6 Å². The van der Waals surface area contributed by atoms with E-state index in [0.29, 0.717) is 31.1 Å². The fourth-order valence-corrected chi connectivity index (χ4v) is 9.76. The number of sulfonamides is 1. The summed E-state index contributed by atoms with van der Waals surface area (Å²) in [6.45, 7) is 9.56. The summed E-state index contributed by atoms with van der Waals surface area (Å²) in [6.07, 6.45) is 4.59. The number of nitrogens with zero attached hydrogens (tertiary/aromatic N) is 3. The Morgan fingerprint density at radius 1 is 1.16 bits per heavy atom. The number of hydrogen-bond donors (Lipinski definition) is 3. The number of allylic oxidation sites excluding steroid dienone is 1. The number of benzene rings is 1. The summed E-state index contributed by atoms with van der Waals surface area (Å²) in [5, 5.41) is 12.6. The number of carbonyl (C=O) groups excluding carboxylic acids is 3. The second-order valence-corrected chi connectivity index (χ2v) is 18.5. The molecule has 4 aliphatic rings. The number of carboxylic acid groups (broad SMARTS) is 1. The molecule has 1 aromatic heterocycles. The van der Waals surface area contributed by atoms with E-state index in [1.54, 1.807) is 33.8 Å². The maximum absolute atomic E-state index is 17.6. The highest BCUT2D eigenvalue weighted by atomic mass is 32.2. The molecule has 2 aliphatic carbocycles. The van der Waals surface area contributed by atoms with Crippen molar-refractivity contribution in [3.8, 4) is 11.6 Å². The summed E-state index contributed by atoms with van der Waals surface area (Å²) in [6, 6.07) is -5.04. The molecule has 1 aromatic carbocycles. The van der Waals surface area contributed by atoms with Gasteiger partial charge in [-0.1, -0.05) is 32.9 Å². The summed E-state index contributed by atoms with van der Waals surface area (Å²) in [5.74, 6) is -6.55. The molecule has 3 heterocycles. The molecular weight excluding hydrogens is 784 g/mol. The molecule has 2 aliphatic heterocycles. The van der Waals surface area contributed by atoms with Crippen LogP contribution in [0.15, 0.2) is 36.5 Å². The van der Waals surface area contributed by atoms with Crippen molar-refractivity contribution in [2.24, 2.45) is 17.8 Å². The van der Waals surface area contributed by atoms with E-state index in [2.05, 4.69) is 15.0 Å². The molecule has 8 atom stereocenters. The number of aromatic nitrogens is 1. The molecule has 3 fully saturated rings. The van der Waals surface area contributed by atoms with Crippen LogP contribution in [0.1, 0.15) is 92.9 Å². The summed E-state index contributed by atoms with van der Waals surface area (Å²) in [5.41, 5.74) is -4.60. The first-order chi connectivity index (χ1) is 27.2. The van der Waals surface area contributed by atoms with Crippen LogP contribution in [0, 0.1) is 23.6 Å². The molecule has 4 amide bonds. The van der Waals surface area contributed by atoms with Gasteiger partial charge in [-0.2, -0.15) is 8.78 Å². The second-order valence-electron chi connectivity index (χ2n) is 16.5. The van der Waals surface area contributed by atoms with E-state index in [0.717, 1.165) is 17.9 Å². The van der Waals surface area contributed by atoms with Crippen LogP contribution in [0.25, 0.3) is 10.8 Å². The standard InChI is InChI=1S/C40H52F3N5O9S/c1-7-24(5)47(37(52)53)32-23(4)17-22(3)11-9-10-12-26-20-39(26,36(51)46-58(54,55)27-13-14-27)45-33(49)30-21-38(6,40(42,43)48(30)35(32)50)57-34-28-19-29(41)31(56-8-2)18-25(28)15-16-44-34/h10,12,15-16,18-19,22-24,26-27,30,32H,7-9,11,13-14,17,20-21H2,1-6H3,(H,45,49)(H,46,51)(H,52,53)/b12-10-/t22-,23+,24?,26+,30-,32-,38+,39+/m0/s1. The third-order valence-electron chi connectivity index (χ3n) is 12.1. The molecular formula is C40H52F3N5O9S. The van der Waals surface area contributed by atoms with Crippen molar-refractivity contribution in [1.29, 1.82) is 0 Å². The number of ether oxygens (including phenoxy) is 2. The van der Waals surface area contributed by atoms with Gasteiger partial charge in [0.2, 0.25) is 21.8 Å². The normalized spacial score (nSPS) is 31.1. The van der Waals surface area contributed by atoms with Crippen LogP contribution < -0.4 is 19.5 Å². The van der Waals surface area contributed by atoms with E-state index < -0.39 is 104 Å². The summed E-state index contributed by atoms with van der Waals surface area (Å²) >= 11 is 0. The van der Waals surface area contributed by atoms with E-state index in [1.807, 2.05) is 13.0 Å². The van der Waals surface area contributed by atoms with E-state index in [1.165, 1.54) is 18.3 Å². The van der Waals surface area contributed by atoms with Crippen LogP contribution in [0.3, 0.4) is 0 Å². The Bertz CT molecular complexity index is 2100. The lowest BCUT2D eigenvalue weighted by Crippen LogP contribution is -2.64. The number of hydrogen-bond acceptors (Lipinski definition) is 9. The van der Waals surface area contributed by atoms with Crippen LogP contribution >= 0.6 is 0 Å². The van der Waals surface area contributed by atoms with Crippen LogP contribution in [0.5, 0.6) is 11.6 Å². The largest absolute Gasteiger partial charge is 0.491 e. The Morgan fingerprint density at radius 3 is 2.50 bits per heavy atom. The van der Waals surface area contributed by atoms with Crippen molar-refractivity contribution in [1.82, 2.24) is 24.8 Å². The van der Waals surface area contributed by atoms with Gasteiger partial charge in [-0.3, -0.25) is 28.9 Å². The molecule has 3 N–H and O–H groups in total. The van der Waals surface area contributed by atoms with E-state index in [4.69, 9.17) is 9.47 Å². The van der Waals surface area contributed by atoms with Gasteiger partial charge < -0.3 is 19.9 Å². The van der Waals surface area contributed by atoms with Gasteiger partial charge in [-0.15, -0.1) is 0 Å². The molecule has 0 spiro atoms. The minimum atomic E-state index is -4.36. The van der Waals surface area contributed by atoms with Gasteiger partial charge in [-0.25, -0.2) is 22.6 Å². The summed E-state index contributed by atoms with van der Waals surface area (Å²) < 4.78 is 89.5. The number of amides is 4. The number of nitrogens with one attached hydrogen (secondary N) is 2. The van der Waals surface area contributed by atoms with Gasteiger partial charge in [0.1, 0.15) is 17.6 Å². The number of rotatable bonds is 10. The van der Waals surface area contributed by atoms with Gasteiger partial charge in [0.15, 0.2) is 17.2 Å². The first kappa shape index (κ1) is 43.0. The molecule has 18 heteroatoms. The Kier molecular flexibility index (Phi) is 11.8. The Hall–Kier alpha value is -4.61. The Morgan fingerprint density at radius 2 is 1.86 bits per heavy atom. The lowest BCUT2D eigenvalue weighted by atomic mass is 9.86. The van der Waals surface area contributed by atoms with Crippen LogP contribution in [0.4, 0.5) is 18.0 Å². The fraction of sp³-hybridized carbons (Fsp3) is 0.625. The van der Waals surface area contributed by atoms with Gasteiger partial charge in [0.25, 0.3) is 11.8 Å². The van der Waals surface area contributed by atoms with Crippen molar-refractivity contribution in [2.45, 2.75) is 133 Å². The number of fused-ring (bicyclic) bond motifs is 3. The van der Waals surface area contributed by atoms with Crippen molar-refractivity contribution in [2.75, 3.05) is 6.61 Å². The average molecular weight is 836 g/mol. The maximum atomic E-state index is 17.6.